The summed E-state index contributed by atoms with van der Waals surface area (Å²) >= 11 is 0. The predicted octanol–water partition coefficient (Wildman–Crippen LogP) is 2.45. The van der Waals surface area contributed by atoms with Gasteiger partial charge >= 0.3 is 0 Å². The van der Waals surface area contributed by atoms with Gasteiger partial charge in [-0.25, -0.2) is 0 Å². The monoisotopic (exact) mass is 273 g/mol. The standard InChI is InChI=1S/C15H19N3O2/c1-10-14(12(3)20-17-10)9-15(19)18(4)11(2)13-5-7-16-8-6-13/h5-8,11H,9H2,1-4H3/t11-/m0/s1. The first-order chi connectivity index (χ1) is 9.50. The van der Waals surface area contributed by atoms with E-state index in [1.807, 2.05) is 40.0 Å². The van der Waals surface area contributed by atoms with E-state index in [1.165, 1.54) is 0 Å². The Kier molecular flexibility index (Phi) is 4.17. The molecule has 0 radical (unpaired) electrons. The van der Waals surface area contributed by atoms with Crippen molar-refractivity contribution >= 4 is 5.91 Å². The molecule has 0 aromatic carbocycles. The van der Waals surface area contributed by atoms with Gasteiger partial charge < -0.3 is 9.42 Å². The zero-order valence-corrected chi connectivity index (χ0v) is 12.3. The van der Waals surface area contributed by atoms with Crippen molar-refractivity contribution in [1.82, 2.24) is 15.0 Å². The largest absolute Gasteiger partial charge is 0.361 e. The number of hydrogen-bond donors (Lipinski definition) is 0. The highest BCUT2D eigenvalue weighted by atomic mass is 16.5. The van der Waals surface area contributed by atoms with Crippen LogP contribution in [0.1, 0.15) is 35.5 Å². The molecule has 1 atom stereocenters. The molecule has 0 spiro atoms. The van der Waals surface area contributed by atoms with Gasteiger partial charge in [0.05, 0.1) is 18.2 Å². The first kappa shape index (κ1) is 14.2. The smallest absolute Gasteiger partial charge is 0.227 e. The molecule has 2 aromatic heterocycles. The second-order valence-corrected chi connectivity index (χ2v) is 4.94. The molecular weight excluding hydrogens is 254 g/mol. The van der Waals surface area contributed by atoms with Gasteiger partial charge in [0.1, 0.15) is 5.76 Å². The molecule has 0 unspecified atom stereocenters. The SMILES string of the molecule is Cc1noc(C)c1CC(=O)N(C)[C@@H](C)c1ccncc1. The molecule has 5 nitrogen and oxygen atoms in total. The lowest BCUT2D eigenvalue weighted by Gasteiger charge is -2.25. The molecule has 1 amide bonds. The average Bonchev–Trinajstić information content (AvgIpc) is 2.78. The molecule has 0 saturated heterocycles. The zero-order valence-electron chi connectivity index (χ0n) is 12.3. The minimum atomic E-state index is 0.00553. The van der Waals surface area contributed by atoms with Gasteiger partial charge in [0.2, 0.25) is 5.91 Å². The molecule has 0 N–H and O–H groups in total. The van der Waals surface area contributed by atoms with Crippen molar-refractivity contribution in [3.8, 4) is 0 Å². The van der Waals surface area contributed by atoms with Gasteiger partial charge in [-0.3, -0.25) is 9.78 Å². The number of carbonyl (C=O) groups excluding carboxylic acids is 1. The van der Waals surface area contributed by atoms with Gasteiger partial charge in [-0.2, -0.15) is 0 Å². The lowest BCUT2D eigenvalue weighted by atomic mass is 10.1. The number of rotatable bonds is 4. The summed E-state index contributed by atoms with van der Waals surface area (Å²) in [5.74, 6) is 0.754. The Morgan fingerprint density at radius 2 is 2.00 bits per heavy atom. The summed E-state index contributed by atoms with van der Waals surface area (Å²) in [6, 6.07) is 3.85. The minimum absolute atomic E-state index is 0.00553. The first-order valence-corrected chi connectivity index (χ1v) is 6.58. The molecule has 0 bridgehead atoms. The Balaban J connectivity index is 2.09. The van der Waals surface area contributed by atoms with E-state index in [0.29, 0.717) is 12.2 Å². The van der Waals surface area contributed by atoms with Crippen molar-refractivity contribution in [3.63, 3.8) is 0 Å². The molecule has 5 heteroatoms. The third-order valence-electron chi connectivity index (χ3n) is 3.67. The molecule has 106 valence electrons. The van der Waals surface area contributed by atoms with E-state index in [-0.39, 0.29) is 11.9 Å². The van der Waals surface area contributed by atoms with Crippen LogP contribution in [0.4, 0.5) is 0 Å². The summed E-state index contributed by atoms with van der Waals surface area (Å²) in [5, 5.41) is 3.88. The van der Waals surface area contributed by atoms with Gasteiger partial charge in [0.15, 0.2) is 0 Å². The highest BCUT2D eigenvalue weighted by Gasteiger charge is 2.20. The molecule has 2 rings (SSSR count). The highest BCUT2D eigenvalue weighted by Crippen LogP contribution is 2.20. The molecule has 20 heavy (non-hydrogen) atoms. The zero-order chi connectivity index (χ0) is 14.7. The van der Waals surface area contributed by atoms with Crippen molar-refractivity contribution in [2.75, 3.05) is 7.05 Å². The number of amides is 1. The van der Waals surface area contributed by atoms with E-state index in [0.717, 1.165) is 16.8 Å². The number of hydrogen-bond acceptors (Lipinski definition) is 4. The topological polar surface area (TPSA) is 59.2 Å². The summed E-state index contributed by atoms with van der Waals surface area (Å²) in [7, 11) is 1.81. The lowest BCUT2D eigenvalue weighted by molar-refractivity contribution is -0.131. The average molecular weight is 273 g/mol. The highest BCUT2D eigenvalue weighted by molar-refractivity contribution is 5.79. The van der Waals surface area contributed by atoms with Gasteiger partial charge in [-0.15, -0.1) is 0 Å². The normalized spacial score (nSPS) is 12.2. The maximum atomic E-state index is 12.4. The molecule has 0 aliphatic heterocycles. The number of aromatic nitrogens is 2. The summed E-state index contributed by atoms with van der Waals surface area (Å²) < 4.78 is 5.09. The van der Waals surface area contributed by atoms with Gasteiger partial charge in [0.25, 0.3) is 0 Å². The lowest BCUT2D eigenvalue weighted by Crippen LogP contribution is -2.31. The molecule has 0 saturated carbocycles. The van der Waals surface area contributed by atoms with Crippen LogP contribution in [0.2, 0.25) is 0 Å². The molecule has 2 aromatic rings. The molecule has 2 heterocycles. The van der Waals surface area contributed by atoms with E-state index in [1.54, 1.807) is 17.3 Å². The second-order valence-electron chi connectivity index (χ2n) is 4.94. The van der Waals surface area contributed by atoms with Crippen molar-refractivity contribution in [2.24, 2.45) is 0 Å². The van der Waals surface area contributed by atoms with Crippen LogP contribution < -0.4 is 0 Å². The quantitative estimate of drug-likeness (QED) is 0.858. The van der Waals surface area contributed by atoms with Crippen molar-refractivity contribution in [3.05, 3.63) is 47.1 Å². The summed E-state index contributed by atoms with van der Waals surface area (Å²) in [5.41, 5.74) is 2.72. The third-order valence-corrected chi connectivity index (χ3v) is 3.67. The van der Waals surface area contributed by atoms with Crippen LogP contribution in [0.25, 0.3) is 0 Å². The van der Waals surface area contributed by atoms with Crippen LogP contribution in [0.3, 0.4) is 0 Å². The van der Waals surface area contributed by atoms with E-state index < -0.39 is 0 Å². The Hall–Kier alpha value is -2.17. The van der Waals surface area contributed by atoms with Crippen LogP contribution in [0.15, 0.2) is 29.0 Å². The molecule has 0 aliphatic rings. The molecular formula is C15H19N3O2. The Morgan fingerprint density at radius 3 is 2.55 bits per heavy atom. The maximum Gasteiger partial charge on any atom is 0.227 e. The van der Waals surface area contributed by atoms with E-state index in [9.17, 15) is 4.79 Å². The summed E-state index contributed by atoms with van der Waals surface area (Å²) in [6.45, 7) is 5.68. The fourth-order valence-corrected chi connectivity index (χ4v) is 2.11. The van der Waals surface area contributed by atoms with E-state index in [4.69, 9.17) is 4.52 Å². The summed E-state index contributed by atoms with van der Waals surface area (Å²) in [6.07, 6.45) is 3.78. The summed E-state index contributed by atoms with van der Waals surface area (Å²) in [4.78, 5) is 18.1. The van der Waals surface area contributed by atoms with E-state index >= 15 is 0 Å². The predicted molar refractivity (Wildman–Crippen MR) is 75.1 cm³/mol. The minimum Gasteiger partial charge on any atom is -0.361 e. The van der Waals surface area contributed by atoms with E-state index in [2.05, 4.69) is 10.1 Å². The van der Waals surface area contributed by atoms with Crippen LogP contribution in [0, 0.1) is 13.8 Å². The maximum absolute atomic E-state index is 12.4. The third kappa shape index (κ3) is 2.87. The van der Waals surface area contributed by atoms with Crippen molar-refractivity contribution in [1.29, 1.82) is 0 Å². The first-order valence-electron chi connectivity index (χ1n) is 6.58. The number of aryl methyl sites for hydroxylation is 2. The van der Waals surface area contributed by atoms with Crippen LogP contribution in [-0.4, -0.2) is 28.0 Å². The molecule has 0 aliphatic carbocycles. The van der Waals surface area contributed by atoms with Gasteiger partial charge in [-0.1, -0.05) is 5.16 Å². The van der Waals surface area contributed by atoms with Gasteiger partial charge in [0, 0.05) is 25.0 Å². The number of carbonyl (C=O) groups is 1. The van der Waals surface area contributed by atoms with Crippen molar-refractivity contribution < 1.29 is 9.32 Å². The van der Waals surface area contributed by atoms with Crippen LogP contribution in [-0.2, 0) is 11.2 Å². The van der Waals surface area contributed by atoms with Crippen LogP contribution >= 0.6 is 0 Å². The Morgan fingerprint density at radius 1 is 1.35 bits per heavy atom. The molecule has 0 fully saturated rings. The number of pyridine rings is 1. The fraction of sp³-hybridized carbons (Fsp3) is 0.400. The Labute approximate surface area is 118 Å². The number of likely N-dealkylation sites (N-methyl/N-ethyl adjacent to an activating group) is 1. The fourth-order valence-electron chi connectivity index (χ4n) is 2.11. The Bertz CT molecular complexity index is 573. The second kappa shape index (κ2) is 5.86. The van der Waals surface area contributed by atoms with Crippen LogP contribution in [0.5, 0.6) is 0 Å². The van der Waals surface area contributed by atoms with Crippen molar-refractivity contribution in [2.45, 2.75) is 33.2 Å². The number of nitrogens with zero attached hydrogens (tertiary/aromatic N) is 3. The van der Waals surface area contributed by atoms with Gasteiger partial charge in [-0.05, 0) is 38.5 Å².